The van der Waals surface area contributed by atoms with Crippen LogP contribution in [0, 0.1) is 5.92 Å². The Morgan fingerprint density at radius 1 is 1.35 bits per heavy atom. The van der Waals surface area contributed by atoms with Crippen molar-refractivity contribution in [1.29, 1.82) is 0 Å². The summed E-state index contributed by atoms with van der Waals surface area (Å²) < 4.78 is 11.6. The van der Waals surface area contributed by atoms with Gasteiger partial charge in [0.05, 0.1) is 19.1 Å². The van der Waals surface area contributed by atoms with Crippen LogP contribution in [0.3, 0.4) is 0 Å². The summed E-state index contributed by atoms with van der Waals surface area (Å²) in [6.07, 6.45) is 5.09. The molecular formula is C12H15NO4. The van der Waals surface area contributed by atoms with Crippen LogP contribution in [0.5, 0.6) is 0 Å². The maximum Gasteiger partial charge on any atom is 0.195 e. The Bertz CT molecular complexity index is 388. The number of carbonyl (C=O) groups is 1. The van der Waals surface area contributed by atoms with Crippen molar-refractivity contribution in [2.24, 2.45) is 5.92 Å². The van der Waals surface area contributed by atoms with Gasteiger partial charge in [-0.1, -0.05) is 0 Å². The topological polar surface area (TPSA) is 48.0 Å². The van der Waals surface area contributed by atoms with Crippen LogP contribution >= 0.6 is 0 Å². The zero-order valence-electron chi connectivity index (χ0n) is 9.50. The maximum absolute atomic E-state index is 11.9. The molecule has 3 atom stereocenters. The van der Waals surface area contributed by atoms with Gasteiger partial charge in [-0.15, -0.1) is 0 Å². The van der Waals surface area contributed by atoms with Gasteiger partial charge in [-0.2, -0.15) is 5.06 Å². The van der Waals surface area contributed by atoms with E-state index < -0.39 is 11.9 Å². The molecule has 0 amide bonds. The molecule has 0 N–H and O–H groups in total. The van der Waals surface area contributed by atoms with E-state index in [0.29, 0.717) is 13.2 Å². The van der Waals surface area contributed by atoms with E-state index in [1.54, 1.807) is 12.2 Å². The lowest BCUT2D eigenvalue weighted by atomic mass is 9.80. The number of nitrogens with zero attached hydrogens (tertiary/aromatic N) is 1. The summed E-state index contributed by atoms with van der Waals surface area (Å²) in [5, 5.41) is 1.95. The highest BCUT2D eigenvalue weighted by atomic mass is 16.7. The zero-order chi connectivity index (χ0) is 11.5. The summed E-state index contributed by atoms with van der Waals surface area (Å²) in [6.45, 7) is 2.09. The first-order valence-corrected chi connectivity index (χ1v) is 6.25. The minimum Gasteiger partial charge on any atom is -0.344 e. The van der Waals surface area contributed by atoms with Crippen molar-refractivity contribution in [3.63, 3.8) is 0 Å². The zero-order valence-corrected chi connectivity index (χ0v) is 9.50. The second-order valence-corrected chi connectivity index (χ2v) is 5.06. The molecular weight excluding hydrogens is 222 g/mol. The highest BCUT2D eigenvalue weighted by molar-refractivity contribution is 5.95. The van der Waals surface area contributed by atoms with Crippen LogP contribution in [-0.4, -0.2) is 48.5 Å². The number of fused-ring (bicyclic) bond motifs is 4. The molecule has 3 aliphatic heterocycles. The third kappa shape index (κ3) is 1.25. The van der Waals surface area contributed by atoms with Gasteiger partial charge in [0.2, 0.25) is 0 Å². The lowest BCUT2D eigenvalue weighted by molar-refractivity contribution is -0.186. The Kier molecular flexibility index (Phi) is 2.03. The summed E-state index contributed by atoms with van der Waals surface area (Å²) in [5.74, 6) is -0.693. The SMILES string of the molecule is O=C1C=CC2(OCCO2)C2C1ON1CCCC21. The van der Waals surface area contributed by atoms with Gasteiger partial charge in [0, 0.05) is 12.6 Å². The van der Waals surface area contributed by atoms with Gasteiger partial charge in [-0.05, 0) is 25.0 Å². The van der Waals surface area contributed by atoms with E-state index in [9.17, 15) is 4.79 Å². The molecule has 0 aromatic heterocycles. The predicted molar refractivity (Wildman–Crippen MR) is 56.9 cm³/mol. The van der Waals surface area contributed by atoms with E-state index in [-0.39, 0.29) is 17.7 Å². The van der Waals surface area contributed by atoms with E-state index >= 15 is 0 Å². The second kappa shape index (κ2) is 3.38. The average Bonchev–Trinajstić information content (AvgIpc) is 2.99. The van der Waals surface area contributed by atoms with E-state index in [4.69, 9.17) is 14.3 Å². The quantitative estimate of drug-likeness (QED) is 0.605. The molecule has 3 fully saturated rings. The van der Waals surface area contributed by atoms with Gasteiger partial charge in [0.15, 0.2) is 17.7 Å². The van der Waals surface area contributed by atoms with Crippen LogP contribution in [-0.2, 0) is 19.1 Å². The molecule has 92 valence electrons. The summed E-state index contributed by atoms with van der Waals surface area (Å²) in [7, 11) is 0. The standard InChI is InChI=1S/C12H15NO4/c14-9-3-4-12(15-6-7-16-12)10-8-2-1-5-13(8)17-11(9)10/h3-4,8,10-11H,1-2,5-7H2. The lowest BCUT2D eigenvalue weighted by Gasteiger charge is -2.36. The third-order valence-electron chi connectivity index (χ3n) is 4.20. The Morgan fingerprint density at radius 2 is 2.18 bits per heavy atom. The fourth-order valence-electron chi connectivity index (χ4n) is 3.51. The Balaban J connectivity index is 1.77. The second-order valence-electron chi connectivity index (χ2n) is 5.06. The molecule has 3 saturated heterocycles. The van der Waals surface area contributed by atoms with Crippen LogP contribution in [0.25, 0.3) is 0 Å². The molecule has 0 aromatic rings. The minimum atomic E-state index is -0.720. The van der Waals surface area contributed by atoms with E-state index in [1.165, 1.54) is 0 Å². The highest BCUT2D eigenvalue weighted by Gasteiger charge is 2.61. The van der Waals surface area contributed by atoms with Crippen LogP contribution in [0.2, 0.25) is 0 Å². The summed E-state index contributed by atoms with van der Waals surface area (Å²) in [6, 6.07) is 0.256. The van der Waals surface area contributed by atoms with Crippen LogP contribution in [0.1, 0.15) is 12.8 Å². The number of hydroxylamine groups is 2. The van der Waals surface area contributed by atoms with Crippen LogP contribution < -0.4 is 0 Å². The van der Waals surface area contributed by atoms with Crippen molar-refractivity contribution in [3.8, 4) is 0 Å². The Hall–Kier alpha value is -0.750. The molecule has 1 aliphatic carbocycles. The van der Waals surface area contributed by atoms with E-state index in [0.717, 1.165) is 19.4 Å². The Morgan fingerprint density at radius 3 is 3.00 bits per heavy atom. The molecule has 1 spiro atoms. The summed E-state index contributed by atoms with van der Waals surface area (Å²) in [5.41, 5.74) is 0. The molecule has 3 unspecified atom stereocenters. The van der Waals surface area contributed by atoms with Crippen LogP contribution in [0.15, 0.2) is 12.2 Å². The third-order valence-corrected chi connectivity index (χ3v) is 4.20. The molecule has 0 aromatic carbocycles. The molecule has 17 heavy (non-hydrogen) atoms. The van der Waals surface area contributed by atoms with Gasteiger partial charge in [0.1, 0.15) is 0 Å². The summed E-state index contributed by atoms with van der Waals surface area (Å²) in [4.78, 5) is 17.7. The van der Waals surface area contributed by atoms with Gasteiger partial charge < -0.3 is 9.47 Å². The first-order valence-electron chi connectivity index (χ1n) is 6.25. The largest absolute Gasteiger partial charge is 0.344 e. The first-order chi connectivity index (χ1) is 8.30. The molecule has 0 radical (unpaired) electrons. The van der Waals surface area contributed by atoms with Crippen molar-refractivity contribution >= 4 is 5.78 Å². The normalized spacial score (nSPS) is 43.3. The van der Waals surface area contributed by atoms with Crippen molar-refractivity contribution in [3.05, 3.63) is 12.2 Å². The van der Waals surface area contributed by atoms with Gasteiger partial charge in [-0.3, -0.25) is 9.63 Å². The Labute approximate surface area is 99.3 Å². The molecule has 5 nitrogen and oxygen atoms in total. The van der Waals surface area contributed by atoms with Crippen LogP contribution in [0.4, 0.5) is 0 Å². The number of ketones is 1. The molecule has 4 rings (SSSR count). The van der Waals surface area contributed by atoms with Crippen molar-refractivity contribution < 1.29 is 19.1 Å². The fraction of sp³-hybridized carbons (Fsp3) is 0.750. The molecule has 4 aliphatic rings. The van der Waals surface area contributed by atoms with Crippen molar-refractivity contribution in [2.45, 2.75) is 30.8 Å². The van der Waals surface area contributed by atoms with Gasteiger partial charge in [-0.25, -0.2) is 0 Å². The molecule has 3 heterocycles. The van der Waals surface area contributed by atoms with Gasteiger partial charge >= 0.3 is 0 Å². The predicted octanol–water partition coefficient (Wildman–Crippen LogP) is 0.263. The number of carbonyl (C=O) groups excluding carboxylic acids is 1. The minimum absolute atomic E-state index is 0.00926. The molecule has 0 saturated carbocycles. The summed E-state index contributed by atoms with van der Waals surface area (Å²) >= 11 is 0. The number of hydrogen-bond donors (Lipinski definition) is 0. The van der Waals surface area contributed by atoms with Crippen molar-refractivity contribution in [1.82, 2.24) is 5.06 Å². The van der Waals surface area contributed by atoms with E-state index in [2.05, 4.69) is 0 Å². The maximum atomic E-state index is 11.9. The number of ether oxygens (including phenoxy) is 2. The first kappa shape index (κ1) is 10.2. The van der Waals surface area contributed by atoms with E-state index in [1.807, 2.05) is 5.06 Å². The lowest BCUT2D eigenvalue weighted by Crippen LogP contribution is -2.51. The monoisotopic (exact) mass is 237 g/mol. The highest BCUT2D eigenvalue weighted by Crippen LogP contribution is 2.47. The number of hydrogen-bond acceptors (Lipinski definition) is 5. The van der Waals surface area contributed by atoms with Crippen molar-refractivity contribution in [2.75, 3.05) is 19.8 Å². The molecule has 5 heteroatoms. The fourth-order valence-corrected chi connectivity index (χ4v) is 3.51. The average molecular weight is 237 g/mol. The molecule has 0 bridgehead atoms. The van der Waals surface area contributed by atoms with Gasteiger partial charge in [0.25, 0.3) is 0 Å². The number of rotatable bonds is 0. The smallest absolute Gasteiger partial charge is 0.195 e.